The van der Waals surface area contributed by atoms with Gasteiger partial charge in [-0.1, -0.05) is 0 Å². The molecule has 2 aliphatic heterocycles. The fraction of sp³-hybridized carbons (Fsp3) is 0.556. The van der Waals surface area contributed by atoms with Gasteiger partial charge in [0, 0.05) is 25.2 Å². The van der Waals surface area contributed by atoms with Gasteiger partial charge < -0.3 is 20.3 Å². The van der Waals surface area contributed by atoms with Gasteiger partial charge in [0.2, 0.25) is 5.91 Å². The molecular weight excluding hydrogens is 306 g/mol. The molecule has 1 aromatic rings. The first-order valence-electron chi connectivity index (χ1n) is 8.68. The summed E-state index contributed by atoms with van der Waals surface area (Å²) in [5.74, 6) is 0.530. The number of anilines is 1. The van der Waals surface area contributed by atoms with Crippen LogP contribution in [0.1, 0.15) is 36.0 Å². The molecule has 0 spiro atoms. The van der Waals surface area contributed by atoms with Crippen LogP contribution in [0.2, 0.25) is 0 Å². The molecule has 2 fully saturated rings. The van der Waals surface area contributed by atoms with Gasteiger partial charge in [-0.15, -0.1) is 0 Å². The lowest BCUT2D eigenvalue weighted by Crippen LogP contribution is -2.37. The Bertz CT molecular complexity index is 606. The van der Waals surface area contributed by atoms with Gasteiger partial charge in [-0.2, -0.15) is 0 Å². The fourth-order valence-electron chi connectivity index (χ4n) is 3.35. The number of amides is 2. The molecule has 1 aromatic carbocycles. The third-order valence-electron chi connectivity index (χ3n) is 4.77. The van der Waals surface area contributed by atoms with Crippen molar-refractivity contribution in [1.82, 2.24) is 10.2 Å². The molecule has 2 amide bonds. The number of benzene rings is 1. The number of ether oxygens (including phenoxy) is 1. The van der Waals surface area contributed by atoms with E-state index in [0.29, 0.717) is 23.5 Å². The van der Waals surface area contributed by atoms with E-state index in [4.69, 9.17) is 4.74 Å². The number of nitrogens with zero attached hydrogens (tertiary/aromatic N) is 1. The second-order valence-electron chi connectivity index (χ2n) is 6.45. The van der Waals surface area contributed by atoms with E-state index in [9.17, 15) is 9.59 Å². The van der Waals surface area contributed by atoms with E-state index >= 15 is 0 Å². The molecular formula is C18H25N3O3. The quantitative estimate of drug-likeness (QED) is 0.884. The molecule has 130 valence electrons. The van der Waals surface area contributed by atoms with Crippen LogP contribution in [-0.2, 0) is 4.79 Å². The number of nitrogens with one attached hydrogen (secondary N) is 2. The lowest BCUT2D eigenvalue weighted by Gasteiger charge is -2.23. The van der Waals surface area contributed by atoms with Crippen LogP contribution in [0.5, 0.6) is 5.75 Å². The van der Waals surface area contributed by atoms with Crippen LogP contribution in [0.3, 0.4) is 0 Å². The Labute approximate surface area is 142 Å². The standard InChI is InChI=1S/C18H25N3O3/c1-24-16-7-6-13(18(23)21-9-2-3-10-21)11-15(16)20-17(22)14-5-4-8-19-12-14/h6-7,11,14,19H,2-5,8-10,12H2,1H3,(H,20,22). The van der Waals surface area contributed by atoms with Gasteiger partial charge in [-0.25, -0.2) is 0 Å². The van der Waals surface area contributed by atoms with Gasteiger partial charge >= 0.3 is 0 Å². The fourth-order valence-corrected chi connectivity index (χ4v) is 3.35. The number of hydrogen-bond donors (Lipinski definition) is 2. The first kappa shape index (κ1) is 16.8. The minimum Gasteiger partial charge on any atom is -0.495 e. The Morgan fingerprint density at radius 2 is 2.04 bits per heavy atom. The highest BCUT2D eigenvalue weighted by Gasteiger charge is 2.24. The zero-order valence-electron chi connectivity index (χ0n) is 14.1. The highest BCUT2D eigenvalue weighted by Crippen LogP contribution is 2.27. The molecule has 1 unspecified atom stereocenters. The monoisotopic (exact) mass is 331 g/mol. The molecule has 24 heavy (non-hydrogen) atoms. The summed E-state index contributed by atoms with van der Waals surface area (Å²) in [6.45, 7) is 3.27. The van der Waals surface area contributed by atoms with Gasteiger partial charge in [-0.05, 0) is 50.4 Å². The molecule has 6 heteroatoms. The van der Waals surface area contributed by atoms with E-state index in [0.717, 1.165) is 45.3 Å². The predicted molar refractivity (Wildman–Crippen MR) is 92.4 cm³/mol. The molecule has 3 rings (SSSR count). The zero-order chi connectivity index (χ0) is 16.9. The Kier molecular flexibility index (Phi) is 5.35. The Balaban J connectivity index is 1.76. The highest BCUT2D eigenvalue weighted by atomic mass is 16.5. The van der Waals surface area contributed by atoms with Crippen molar-refractivity contribution in [2.24, 2.45) is 5.92 Å². The maximum atomic E-state index is 12.5. The summed E-state index contributed by atoms with van der Waals surface area (Å²) in [5, 5.41) is 6.19. The lowest BCUT2D eigenvalue weighted by molar-refractivity contribution is -0.120. The molecule has 0 aromatic heterocycles. The summed E-state index contributed by atoms with van der Waals surface area (Å²) in [6, 6.07) is 5.24. The zero-order valence-corrected chi connectivity index (χ0v) is 14.1. The number of hydrogen-bond acceptors (Lipinski definition) is 4. The third kappa shape index (κ3) is 3.70. The molecule has 0 bridgehead atoms. The van der Waals surface area contributed by atoms with Crippen LogP contribution < -0.4 is 15.4 Å². The molecule has 2 N–H and O–H groups in total. The number of carbonyl (C=O) groups is 2. The average molecular weight is 331 g/mol. The molecule has 2 saturated heterocycles. The van der Waals surface area contributed by atoms with Crippen LogP contribution in [-0.4, -0.2) is 50.0 Å². The molecule has 2 aliphatic rings. The topological polar surface area (TPSA) is 70.7 Å². The van der Waals surface area contributed by atoms with E-state index in [1.54, 1.807) is 25.3 Å². The Morgan fingerprint density at radius 3 is 2.71 bits per heavy atom. The van der Waals surface area contributed by atoms with E-state index in [2.05, 4.69) is 10.6 Å². The maximum absolute atomic E-state index is 12.5. The number of likely N-dealkylation sites (tertiary alicyclic amines) is 1. The minimum absolute atomic E-state index is 0.0185. The lowest BCUT2D eigenvalue weighted by atomic mass is 9.98. The average Bonchev–Trinajstić information content (AvgIpc) is 3.16. The molecule has 6 nitrogen and oxygen atoms in total. The first-order valence-corrected chi connectivity index (χ1v) is 8.68. The summed E-state index contributed by atoms with van der Waals surface area (Å²) in [7, 11) is 1.56. The minimum atomic E-state index is -0.0404. The van der Waals surface area contributed by atoms with E-state index < -0.39 is 0 Å². The van der Waals surface area contributed by atoms with Crippen molar-refractivity contribution in [3.63, 3.8) is 0 Å². The van der Waals surface area contributed by atoms with Crippen LogP contribution in [0.15, 0.2) is 18.2 Å². The SMILES string of the molecule is COc1ccc(C(=O)N2CCCC2)cc1NC(=O)C1CCCNC1. The second-order valence-corrected chi connectivity index (χ2v) is 6.45. The molecule has 0 radical (unpaired) electrons. The van der Waals surface area contributed by atoms with Crippen LogP contribution in [0.25, 0.3) is 0 Å². The summed E-state index contributed by atoms with van der Waals surface area (Å²) in [6.07, 6.45) is 4.00. The van der Waals surface area contributed by atoms with E-state index in [1.165, 1.54) is 0 Å². The Hall–Kier alpha value is -2.08. The van der Waals surface area contributed by atoms with E-state index in [1.807, 2.05) is 4.90 Å². The van der Waals surface area contributed by atoms with Gasteiger partial charge in [0.05, 0.1) is 18.7 Å². The van der Waals surface area contributed by atoms with Crippen LogP contribution in [0.4, 0.5) is 5.69 Å². The molecule has 0 saturated carbocycles. The van der Waals surface area contributed by atoms with Crippen molar-refractivity contribution in [1.29, 1.82) is 0 Å². The number of methoxy groups -OCH3 is 1. The summed E-state index contributed by atoms with van der Waals surface area (Å²) in [4.78, 5) is 26.9. The van der Waals surface area contributed by atoms with Crippen molar-refractivity contribution in [3.05, 3.63) is 23.8 Å². The highest BCUT2D eigenvalue weighted by molar-refractivity contribution is 5.99. The van der Waals surface area contributed by atoms with Crippen LogP contribution in [0, 0.1) is 5.92 Å². The van der Waals surface area contributed by atoms with E-state index in [-0.39, 0.29) is 17.7 Å². The Morgan fingerprint density at radius 1 is 1.25 bits per heavy atom. The second kappa shape index (κ2) is 7.66. The molecule has 1 atom stereocenters. The van der Waals surface area contributed by atoms with Gasteiger partial charge in [-0.3, -0.25) is 9.59 Å². The first-order chi connectivity index (χ1) is 11.7. The molecule has 2 heterocycles. The smallest absolute Gasteiger partial charge is 0.253 e. The molecule has 0 aliphatic carbocycles. The summed E-state index contributed by atoms with van der Waals surface area (Å²) < 4.78 is 5.34. The van der Waals surface area contributed by atoms with Gasteiger partial charge in [0.15, 0.2) is 0 Å². The maximum Gasteiger partial charge on any atom is 0.253 e. The normalized spacial score (nSPS) is 20.7. The van der Waals surface area contributed by atoms with Crippen molar-refractivity contribution in [2.75, 3.05) is 38.6 Å². The number of carbonyl (C=O) groups excluding carboxylic acids is 2. The van der Waals surface area contributed by atoms with Gasteiger partial charge in [0.1, 0.15) is 5.75 Å². The van der Waals surface area contributed by atoms with Gasteiger partial charge in [0.25, 0.3) is 5.91 Å². The number of piperidine rings is 1. The summed E-state index contributed by atoms with van der Waals surface area (Å²) in [5.41, 5.74) is 1.16. The number of rotatable bonds is 4. The predicted octanol–water partition coefficient (Wildman–Crippen LogP) is 1.87. The largest absolute Gasteiger partial charge is 0.495 e. The third-order valence-corrected chi connectivity index (χ3v) is 4.77. The van der Waals surface area contributed by atoms with Crippen molar-refractivity contribution >= 4 is 17.5 Å². The summed E-state index contributed by atoms with van der Waals surface area (Å²) >= 11 is 0. The van der Waals surface area contributed by atoms with Crippen LogP contribution >= 0.6 is 0 Å². The van der Waals surface area contributed by atoms with Crippen molar-refractivity contribution < 1.29 is 14.3 Å². The van der Waals surface area contributed by atoms with Crippen molar-refractivity contribution in [3.8, 4) is 5.75 Å². The van der Waals surface area contributed by atoms with Crippen molar-refractivity contribution in [2.45, 2.75) is 25.7 Å².